The van der Waals surface area contributed by atoms with Crippen molar-refractivity contribution in [3.05, 3.63) is 34.3 Å². The Balaban J connectivity index is 2.06. The fourth-order valence-electron chi connectivity index (χ4n) is 3.95. The SMILES string of the molecule is C#Cc1nc(C(=O)N(c2cc(OC)cc(OC)c2)C2CCN(C(CC)CC)C2=O)cs1. The standard InChI is InChI=1S/C23H27N3O4S/c1-6-15(7-2)25-10-9-20(23(25)28)26(22(27)19-14-31-21(8-3)24-19)16-11-17(29-4)13-18(12-16)30-5/h3,11-15,20H,6-7,9-10H2,1-2,4-5H3. The van der Waals surface area contributed by atoms with Crippen molar-refractivity contribution in [2.45, 2.75) is 45.2 Å². The van der Waals surface area contributed by atoms with E-state index in [1.807, 2.05) is 4.90 Å². The Bertz CT molecular complexity index is 971. The third-order valence-electron chi connectivity index (χ3n) is 5.59. The van der Waals surface area contributed by atoms with Crippen molar-refractivity contribution in [3.63, 3.8) is 0 Å². The van der Waals surface area contributed by atoms with Crippen molar-refractivity contribution >= 4 is 28.8 Å². The highest BCUT2D eigenvalue weighted by molar-refractivity contribution is 7.10. The molecule has 2 heterocycles. The number of methoxy groups -OCH3 is 2. The summed E-state index contributed by atoms with van der Waals surface area (Å²) in [5.74, 6) is 3.07. The van der Waals surface area contributed by atoms with Crippen LogP contribution < -0.4 is 14.4 Å². The molecule has 1 aromatic carbocycles. The highest BCUT2D eigenvalue weighted by Crippen LogP contribution is 2.34. The van der Waals surface area contributed by atoms with Gasteiger partial charge >= 0.3 is 0 Å². The first kappa shape index (κ1) is 22.6. The van der Waals surface area contributed by atoms with Crippen molar-refractivity contribution in [1.82, 2.24) is 9.88 Å². The van der Waals surface area contributed by atoms with Crippen LogP contribution in [-0.4, -0.2) is 54.5 Å². The van der Waals surface area contributed by atoms with Crippen LogP contribution in [0.4, 0.5) is 5.69 Å². The predicted molar refractivity (Wildman–Crippen MR) is 121 cm³/mol. The Hall–Kier alpha value is -3.05. The van der Waals surface area contributed by atoms with Gasteiger partial charge in [-0.05, 0) is 25.2 Å². The zero-order chi connectivity index (χ0) is 22.5. The number of terminal acetylenes is 1. The minimum absolute atomic E-state index is 0.0590. The van der Waals surface area contributed by atoms with E-state index in [9.17, 15) is 9.59 Å². The highest BCUT2D eigenvalue weighted by atomic mass is 32.1. The van der Waals surface area contributed by atoms with Crippen LogP contribution in [0.5, 0.6) is 11.5 Å². The smallest absolute Gasteiger partial charge is 0.278 e. The van der Waals surface area contributed by atoms with Crippen molar-refractivity contribution < 1.29 is 19.1 Å². The second-order valence-electron chi connectivity index (χ2n) is 7.23. The number of rotatable bonds is 8. The predicted octanol–water partition coefficient (Wildman–Crippen LogP) is 3.58. The van der Waals surface area contributed by atoms with Gasteiger partial charge in [-0.2, -0.15) is 0 Å². The number of carbonyl (C=O) groups excluding carboxylic acids is 2. The molecule has 8 heteroatoms. The van der Waals surface area contributed by atoms with E-state index in [1.54, 1.807) is 37.8 Å². The molecule has 1 unspecified atom stereocenters. The van der Waals surface area contributed by atoms with Gasteiger partial charge in [0.05, 0.1) is 19.9 Å². The first-order valence-electron chi connectivity index (χ1n) is 10.3. The van der Waals surface area contributed by atoms with Gasteiger partial charge in [-0.15, -0.1) is 17.8 Å². The van der Waals surface area contributed by atoms with Crippen molar-refractivity contribution in [3.8, 4) is 23.8 Å². The van der Waals surface area contributed by atoms with E-state index in [0.29, 0.717) is 35.2 Å². The number of likely N-dealkylation sites (tertiary alicyclic amines) is 1. The van der Waals surface area contributed by atoms with E-state index in [0.717, 1.165) is 12.8 Å². The maximum Gasteiger partial charge on any atom is 0.278 e. The molecule has 1 aromatic heterocycles. The number of thiazole rings is 1. The summed E-state index contributed by atoms with van der Waals surface area (Å²) in [4.78, 5) is 34.6. The Kier molecular flexibility index (Phi) is 7.18. The van der Waals surface area contributed by atoms with E-state index in [-0.39, 0.29) is 23.6 Å². The number of ether oxygens (including phenoxy) is 2. The van der Waals surface area contributed by atoms with Crippen molar-refractivity contribution in [1.29, 1.82) is 0 Å². The van der Waals surface area contributed by atoms with Crippen LogP contribution >= 0.6 is 11.3 Å². The van der Waals surface area contributed by atoms with Crippen LogP contribution in [0.15, 0.2) is 23.6 Å². The summed E-state index contributed by atoms with van der Waals surface area (Å²) in [7, 11) is 3.08. The molecule has 7 nitrogen and oxygen atoms in total. The molecule has 0 spiro atoms. The van der Waals surface area contributed by atoms with E-state index in [4.69, 9.17) is 15.9 Å². The number of nitrogens with zero attached hydrogens (tertiary/aromatic N) is 3. The van der Waals surface area contributed by atoms with Gasteiger partial charge in [0.1, 0.15) is 23.2 Å². The molecule has 0 saturated carbocycles. The molecule has 0 aliphatic carbocycles. The lowest BCUT2D eigenvalue weighted by atomic mass is 10.1. The number of anilines is 1. The number of amides is 2. The Morgan fingerprint density at radius 3 is 2.45 bits per heavy atom. The monoisotopic (exact) mass is 441 g/mol. The summed E-state index contributed by atoms with van der Waals surface area (Å²) in [6.07, 6.45) is 7.70. The summed E-state index contributed by atoms with van der Waals surface area (Å²) in [6.45, 7) is 4.75. The quantitative estimate of drug-likeness (QED) is 0.586. The van der Waals surface area contributed by atoms with Gasteiger partial charge in [-0.1, -0.05) is 13.8 Å². The van der Waals surface area contributed by atoms with Gasteiger partial charge in [0, 0.05) is 36.2 Å². The zero-order valence-electron chi connectivity index (χ0n) is 18.3. The lowest BCUT2D eigenvalue weighted by Gasteiger charge is -2.30. The summed E-state index contributed by atoms with van der Waals surface area (Å²) in [5.41, 5.74) is 0.731. The fraction of sp³-hybridized carbons (Fsp3) is 0.435. The van der Waals surface area contributed by atoms with Gasteiger partial charge in [-0.3, -0.25) is 14.5 Å². The molecule has 2 aromatic rings. The topological polar surface area (TPSA) is 72.0 Å². The maximum absolute atomic E-state index is 13.6. The van der Waals surface area contributed by atoms with E-state index in [1.165, 1.54) is 16.2 Å². The summed E-state index contributed by atoms with van der Waals surface area (Å²) in [6, 6.07) is 4.69. The van der Waals surface area contributed by atoms with Crippen LogP contribution in [0, 0.1) is 12.3 Å². The van der Waals surface area contributed by atoms with Crippen molar-refractivity contribution in [2.75, 3.05) is 25.7 Å². The van der Waals surface area contributed by atoms with Crippen LogP contribution in [0.2, 0.25) is 0 Å². The molecule has 3 rings (SSSR count). The van der Waals surface area contributed by atoms with Crippen LogP contribution in [-0.2, 0) is 4.79 Å². The van der Waals surface area contributed by atoms with Gasteiger partial charge < -0.3 is 14.4 Å². The molecule has 1 saturated heterocycles. The summed E-state index contributed by atoms with van der Waals surface area (Å²) < 4.78 is 10.8. The van der Waals surface area contributed by atoms with Gasteiger partial charge in [0.25, 0.3) is 5.91 Å². The van der Waals surface area contributed by atoms with Crippen LogP contribution in [0.25, 0.3) is 0 Å². The van der Waals surface area contributed by atoms with Gasteiger partial charge in [0.15, 0.2) is 5.01 Å². The Morgan fingerprint density at radius 1 is 1.29 bits per heavy atom. The van der Waals surface area contributed by atoms with E-state index >= 15 is 0 Å². The Morgan fingerprint density at radius 2 is 1.94 bits per heavy atom. The first-order chi connectivity index (χ1) is 15.0. The largest absolute Gasteiger partial charge is 0.497 e. The number of hydrogen-bond donors (Lipinski definition) is 0. The summed E-state index contributed by atoms with van der Waals surface area (Å²) in [5, 5.41) is 2.04. The molecule has 0 radical (unpaired) electrons. The number of hydrogen-bond acceptors (Lipinski definition) is 6. The van der Waals surface area contributed by atoms with Crippen LogP contribution in [0.3, 0.4) is 0 Å². The molecule has 164 valence electrons. The van der Waals surface area contributed by atoms with E-state index in [2.05, 4.69) is 24.8 Å². The second-order valence-corrected chi connectivity index (χ2v) is 8.09. The van der Waals surface area contributed by atoms with Gasteiger partial charge in [-0.25, -0.2) is 4.98 Å². The molecular formula is C23H27N3O4S. The molecule has 31 heavy (non-hydrogen) atoms. The third-order valence-corrected chi connectivity index (χ3v) is 6.36. The molecule has 1 fully saturated rings. The minimum atomic E-state index is -0.638. The lowest BCUT2D eigenvalue weighted by Crippen LogP contribution is -2.47. The first-order valence-corrected chi connectivity index (χ1v) is 11.1. The highest BCUT2D eigenvalue weighted by Gasteiger charge is 2.42. The Labute approximate surface area is 187 Å². The molecule has 0 bridgehead atoms. The number of carbonyl (C=O) groups is 2. The molecular weight excluding hydrogens is 414 g/mol. The normalized spacial score (nSPS) is 15.8. The average molecular weight is 442 g/mol. The fourth-order valence-corrected chi connectivity index (χ4v) is 4.55. The molecule has 0 N–H and O–H groups in total. The third kappa shape index (κ3) is 4.52. The lowest BCUT2D eigenvalue weighted by molar-refractivity contribution is -0.130. The molecule has 1 aliphatic heterocycles. The minimum Gasteiger partial charge on any atom is -0.497 e. The average Bonchev–Trinajstić information content (AvgIpc) is 3.42. The van der Waals surface area contributed by atoms with E-state index < -0.39 is 6.04 Å². The van der Waals surface area contributed by atoms with Gasteiger partial charge in [0.2, 0.25) is 5.91 Å². The number of benzene rings is 1. The number of aromatic nitrogens is 1. The second kappa shape index (κ2) is 9.84. The van der Waals surface area contributed by atoms with Crippen molar-refractivity contribution in [2.24, 2.45) is 0 Å². The molecule has 2 amide bonds. The molecule has 1 atom stereocenters. The molecule has 1 aliphatic rings. The maximum atomic E-state index is 13.6. The van der Waals surface area contributed by atoms with Crippen LogP contribution in [0.1, 0.15) is 48.6 Å². The summed E-state index contributed by atoms with van der Waals surface area (Å²) >= 11 is 1.22. The zero-order valence-corrected chi connectivity index (χ0v) is 19.1.